The van der Waals surface area contributed by atoms with Crippen LogP contribution in [0.3, 0.4) is 0 Å². The van der Waals surface area contributed by atoms with Crippen molar-refractivity contribution in [1.29, 1.82) is 0 Å². The van der Waals surface area contributed by atoms with Gasteiger partial charge in [0.1, 0.15) is 0 Å². The summed E-state index contributed by atoms with van der Waals surface area (Å²) in [5.41, 5.74) is 0.722. The molecule has 18 heavy (non-hydrogen) atoms. The molecule has 2 fully saturated rings. The first-order chi connectivity index (χ1) is 8.75. The van der Waals surface area contributed by atoms with Gasteiger partial charge in [0.05, 0.1) is 6.10 Å². The third-order valence-electron chi connectivity index (χ3n) is 4.52. The molecule has 2 saturated carbocycles. The molecule has 3 heteroatoms. The third kappa shape index (κ3) is 2.03. The Kier molecular flexibility index (Phi) is 3.08. The topological polar surface area (TPSA) is 49.3 Å². The number of hydrogen-bond donors (Lipinski definition) is 2. The van der Waals surface area contributed by atoms with E-state index in [9.17, 15) is 9.90 Å². The van der Waals surface area contributed by atoms with Gasteiger partial charge in [-0.1, -0.05) is 18.2 Å². The highest BCUT2D eigenvalue weighted by atomic mass is 16.3. The number of carbonyl (C=O) groups excluding carboxylic acids is 1. The predicted octanol–water partition coefficient (Wildman–Crippen LogP) is 1.97. The summed E-state index contributed by atoms with van der Waals surface area (Å²) < 4.78 is 0. The van der Waals surface area contributed by atoms with Crippen LogP contribution >= 0.6 is 0 Å². The van der Waals surface area contributed by atoms with Crippen molar-refractivity contribution >= 4 is 5.91 Å². The van der Waals surface area contributed by atoms with Gasteiger partial charge in [-0.05, 0) is 49.7 Å². The summed E-state index contributed by atoms with van der Waals surface area (Å²) in [7, 11) is 0. The van der Waals surface area contributed by atoms with Crippen molar-refractivity contribution in [3.8, 4) is 0 Å². The van der Waals surface area contributed by atoms with Gasteiger partial charge in [0.25, 0.3) is 5.91 Å². The monoisotopic (exact) mass is 245 g/mol. The zero-order valence-electron chi connectivity index (χ0n) is 10.4. The molecule has 0 spiro atoms. The first-order valence-corrected chi connectivity index (χ1v) is 6.79. The summed E-state index contributed by atoms with van der Waals surface area (Å²) in [6, 6.07) is 9.60. The van der Waals surface area contributed by atoms with Gasteiger partial charge in [-0.3, -0.25) is 4.79 Å². The maximum Gasteiger partial charge on any atom is 0.251 e. The lowest BCUT2D eigenvalue weighted by Gasteiger charge is -2.20. The second-order valence-corrected chi connectivity index (χ2v) is 5.50. The smallest absolute Gasteiger partial charge is 0.251 e. The van der Waals surface area contributed by atoms with E-state index in [0.717, 1.165) is 31.2 Å². The molecule has 1 aromatic carbocycles. The molecule has 0 aromatic heterocycles. The Morgan fingerprint density at radius 3 is 2.56 bits per heavy atom. The van der Waals surface area contributed by atoms with Crippen molar-refractivity contribution in [2.75, 3.05) is 0 Å². The molecular formula is C15H19NO2. The van der Waals surface area contributed by atoms with E-state index in [-0.39, 0.29) is 18.1 Å². The molecule has 3 nitrogen and oxygen atoms in total. The van der Waals surface area contributed by atoms with Crippen LogP contribution in [-0.4, -0.2) is 23.2 Å². The van der Waals surface area contributed by atoms with Crippen LogP contribution in [0.15, 0.2) is 30.3 Å². The molecule has 4 atom stereocenters. The van der Waals surface area contributed by atoms with Crippen molar-refractivity contribution in [3.05, 3.63) is 35.9 Å². The summed E-state index contributed by atoms with van der Waals surface area (Å²) in [5.74, 6) is 0.904. The summed E-state index contributed by atoms with van der Waals surface area (Å²) in [5, 5.41) is 13.0. The molecule has 0 aliphatic heterocycles. The van der Waals surface area contributed by atoms with E-state index in [1.54, 1.807) is 0 Å². The van der Waals surface area contributed by atoms with Crippen LogP contribution in [0.1, 0.15) is 36.0 Å². The number of nitrogens with one attached hydrogen (secondary N) is 1. The van der Waals surface area contributed by atoms with Crippen LogP contribution in [0, 0.1) is 11.8 Å². The molecule has 0 bridgehead atoms. The molecule has 0 saturated heterocycles. The lowest BCUT2D eigenvalue weighted by molar-refractivity contribution is 0.0919. The van der Waals surface area contributed by atoms with Gasteiger partial charge < -0.3 is 10.4 Å². The van der Waals surface area contributed by atoms with E-state index in [1.807, 2.05) is 30.3 Å². The number of amides is 1. The second kappa shape index (κ2) is 4.73. The zero-order valence-corrected chi connectivity index (χ0v) is 10.4. The van der Waals surface area contributed by atoms with Gasteiger partial charge in [0, 0.05) is 11.6 Å². The van der Waals surface area contributed by atoms with Crippen molar-refractivity contribution < 1.29 is 9.90 Å². The minimum Gasteiger partial charge on any atom is -0.393 e. The molecule has 3 rings (SSSR count). The Labute approximate surface area is 107 Å². The van der Waals surface area contributed by atoms with Crippen LogP contribution in [0.2, 0.25) is 0 Å². The molecule has 2 aliphatic rings. The van der Waals surface area contributed by atoms with Crippen LogP contribution in [0.4, 0.5) is 0 Å². The maximum absolute atomic E-state index is 12.1. The highest BCUT2D eigenvalue weighted by Gasteiger charge is 2.44. The highest BCUT2D eigenvalue weighted by molar-refractivity contribution is 5.94. The molecule has 0 unspecified atom stereocenters. The van der Waals surface area contributed by atoms with Crippen LogP contribution < -0.4 is 5.32 Å². The van der Waals surface area contributed by atoms with Gasteiger partial charge in [-0.25, -0.2) is 0 Å². The number of carbonyl (C=O) groups is 1. The fourth-order valence-corrected chi connectivity index (χ4v) is 3.59. The second-order valence-electron chi connectivity index (χ2n) is 5.50. The zero-order chi connectivity index (χ0) is 12.5. The molecule has 0 radical (unpaired) electrons. The molecule has 0 heterocycles. The van der Waals surface area contributed by atoms with Crippen LogP contribution in [0.5, 0.6) is 0 Å². The Hall–Kier alpha value is -1.35. The van der Waals surface area contributed by atoms with E-state index < -0.39 is 0 Å². The van der Waals surface area contributed by atoms with Crippen molar-refractivity contribution in [2.45, 2.75) is 37.8 Å². The number of aliphatic hydroxyl groups is 1. The summed E-state index contributed by atoms with van der Waals surface area (Å²) in [6.07, 6.45) is 3.85. The number of fused-ring (bicyclic) bond motifs is 1. The van der Waals surface area contributed by atoms with Gasteiger partial charge in [-0.2, -0.15) is 0 Å². The van der Waals surface area contributed by atoms with Crippen LogP contribution in [0.25, 0.3) is 0 Å². The lowest BCUT2D eigenvalue weighted by Crippen LogP contribution is -2.37. The number of rotatable bonds is 2. The standard InChI is InChI=1S/C15H19NO2/c17-14-9-7-11-12(14)6-8-13(11)16-15(18)10-4-2-1-3-5-10/h1-5,11-14,17H,6-9H2,(H,16,18)/t11-,12-,13+,14-/m1/s1. The maximum atomic E-state index is 12.1. The van der Waals surface area contributed by atoms with E-state index >= 15 is 0 Å². The minimum absolute atomic E-state index is 0.0163. The molecule has 96 valence electrons. The molecule has 2 aliphatic carbocycles. The van der Waals surface area contributed by atoms with E-state index in [4.69, 9.17) is 0 Å². The fraction of sp³-hybridized carbons (Fsp3) is 0.533. The highest BCUT2D eigenvalue weighted by Crippen LogP contribution is 2.44. The average molecular weight is 245 g/mol. The molecule has 1 amide bonds. The predicted molar refractivity (Wildman–Crippen MR) is 69.2 cm³/mol. The summed E-state index contributed by atoms with van der Waals surface area (Å²) in [6.45, 7) is 0. The van der Waals surface area contributed by atoms with Crippen LogP contribution in [-0.2, 0) is 0 Å². The summed E-state index contributed by atoms with van der Waals surface area (Å²) >= 11 is 0. The molecular weight excluding hydrogens is 226 g/mol. The average Bonchev–Trinajstić information content (AvgIpc) is 2.95. The first kappa shape index (κ1) is 11.7. The normalized spacial score (nSPS) is 34.3. The third-order valence-corrected chi connectivity index (χ3v) is 4.52. The van der Waals surface area contributed by atoms with Crippen molar-refractivity contribution in [1.82, 2.24) is 5.32 Å². The van der Waals surface area contributed by atoms with Gasteiger partial charge >= 0.3 is 0 Å². The van der Waals surface area contributed by atoms with Gasteiger partial charge in [0.15, 0.2) is 0 Å². The number of benzene rings is 1. The Bertz CT molecular complexity index is 431. The molecule has 1 aromatic rings. The molecule has 2 N–H and O–H groups in total. The van der Waals surface area contributed by atoms with Gasteiger partial charge in [-0.15, -0.1) is 0 Å². The van der Waals surface area contributed by atoms with E-state index in [0.29, 0.717) is 11.8 Å². The quantitative estimate of drug-likeness (QED) is 0.837. The fourth-order valence-electron chi connectivity index (χ4n) is 3.59. The SMILES string of the molecule is O=C(N[C@H]1CC[C@@H]2[C@H]1CC[C@H]2O)c1ccccc1. The number of hydrogen-bond acceptors (Lipinski definition) is 2. The Balaban J connectivity index is 1.66. The Morgan fingerprint density at radius 1 is 1.06 bits per heavy atom. The minimum atomic E-state index is -0.145. The van der Waals surface area contributed by atoms with Crippen molar-refractivity contribution in [3.63, 3.8) is 0 Å². The summed E-state index contributed by atoms with van der Waals surface area (Å²) in [4.78, 5) is 12.1. The van der Waals surface area contributed by atoms with E-state index in [2.05, 4.69) is 5.32 Å². The largest absolute Gasteiger partial charge is 0.393 e. The van der Waals surface area contributed by atoms with Crippen molar-refractivity contribution in [2.24, 2.45) is 11.8 Å². The Morgan fingerprint density at radius 2 is 1.78 bits per heavy atom. The van der Waals surface area contributed by atoms with E-state index in [1.165, 1.54) is 0 Å². The number of aliphatic hydroxyl groups excluding tert-OH is 1. The lowest BCUT2D eigenvalue weighted by atomic mass is 9.96. The van der Waals surface area contributed by atoms with Gasteiger partial charge in [0.2, 0.25) is 0 Å². The first-order valence-electron chi connectivity index (χ1n) is 6.79.